The lowest BCUT2D eigenvalue weighted by atomic mass is 9.77. The van der Waals surface area contributed by atoms with Crippen molar-refractivity contribution in [3.63, 3.8) is 0 Å². The normalized spacial score (nSPS) is 24.8. The number of hydrogen-bond acceptors (Lipinski definition) is 6. The van der Waals surface area contributed by atoms with E-state index < -0.39 is 11.9 Å². The van der Waals surface area contributed by atoms with Gasteiger partial charge in [0.05, 0.1) is 24.1 Å². The topological polar surface area (TPSA) is 75.3 Å². The molecule has 180 valence electrons. The minimum atomic E-state index is -4.49. The van der Waals surface area contributed by atoms with Crippen LogP contribution in [0.4, 0.5) is 19.0 Å². The number of aromatic amines is 1. The number of anilines is 1. The van der Waals surface area contributed by atoms with Crippen molar-refractivity contribution in [2.75, 3.05) is 38.2 Å². The number of H-pyrrole nitrogens is 1. The Morgan fingerprint density at radius 1 is 1.12 bits per heavy atom. The average molecular weight is 473 g/mol. The fourth-order valence-corrected chi connectivity index (χ4v) is 5.57. The van der Waals surface area contributed by atoms with E-state index in [9.17, 15) is 13.2 Å². The van der Waals surface area contributed by atoms with Crippen LogP contribution in [0.1, 0.15) is 36.6 Å². The molecule has 3 aliphatic rings. The van der Waals surface area contributed by atoms with Gasteiger partial charge in [-0.25, -0.2) is 9.97 Å². The maximum Gasteiger partial charge on any atom is 0.431 e. The lowest BCUT2D eigenvalue weighted by molar-refractivity contribution is -0.140. The average Bonchev–Trinajstić information content (AvgIpc) is 3.48. The molecule has 2 unspecified atom stereocenters. The van der Waals surface area contributed by atoms with Crippen LogP contribution in [-0.4, -0.2) is 58.8 Å². The first-order valence-corrected chi connectivity index (χ1v) is 11.6. The Morgan fingerprint density at radius 2 is 1.94 bits per heavy atom. The first-order chi connectivity index (χ1) is 16.4. The number of para-hydroxylation sites is 1. The van der Waals surface area contributed by atoms with E-state index in [4.69, 9.17) is 9.47 Å². The van der Waals surface area contributed by atoms with Crippen molar-refractivity contribution in [2.45, 2.75) is 37.5 Å². The zero-order valence-corrected chi connectivity index (χ0v) is 18.6. The summed E-state index contributed by atoms with van der Waals surface area (Å²) >= 11 is 0. The maximum absolute atomic E-state index is 13.3. The van der Waals surface area contributed by atoms with Crippen LogP contribution in [0.5, 0.6) is 5.75 Å². The number of alkyl halides is 3. The summed E-state index contributed by atoms with van der Waals surface area (Å²) in [5, 5.41) is 3.79. The Kier molecular flexibility index (Phi) is 5.18. The molecule has 1 spiro atoms. The monoisotopic (exact) mass is 473 g/mol. The van der Waals surface area contributed by atoms with E-state index in [0.717, 1.165) is 62.9 Å². The van der Waals surface area contributed by atoms with Crippen molar-refractivity contribution < 1.29 is 22.6 Å². The Morgan fingerprint density at radius 3 is 2.71 bits per heavy atom. The van der Waals surface area contributed by atoms with Crippen molar-refractivity contribution >= 4 is 16.9 Å². The molecule has 2 N–H and O–H groups in total. The lowest BCUT2D eigenvalue weighted by Gasteiger charge is -2.46. The summed E-state index contributed by atoms with van der Waals surface area (Å²) in [6.45, 7) is 4.02. The molecule has 0 bridgehead atoms. The largest absolute Gasteiger partial charge is 0.491 e. The minimum absolute atomic E-state index is 0.0145. The van der Waals surface area contributed by atoms with Crippen LogP contribution in [0.25, 0.3) is 11.0 Å². The molecular weight excluding hydrogens is 447 g/mol. The van der Waals surface area contributed by atoms with Gasteiger partial charge >= 0.3 is 6.18 Å². The van der Waals surface area contributed by atoms with Crippen LogP contribution >= 0.6 is 0 Å². The number of benzene rings is 1. The molecule has 0 saturated carbocycles. The van der Waals surface area contributed by atoms with E-state index in [1.54, 1.807) is 0 Å². The van der Waals surface area contributed by atoms with Gasteiger partial charge < -0.3 is 19.8 Å². The van der Waals surface area contributed by atoms with Gasteiger partial charge in [0.25, 0.3) is 0 Å². The molecule has 1 aromatic carbocycles. The van der Waals surface area contributed by atoms with E-state index >= 15 is 0 Å². The highest BCUT2D eigenvalue weighted by Gasteiger charge is 2.43. The van der Waals surface area contributed by atoms with Gasteiger partial charge in [0.1, 0.15) is 35.8 Å². The molecule has 34 heavy (non-hydrogen) atoms. The molecule has 3 aliphatic heterocycles. The second-order valence-corrected chi connectivity index (χ2v) is 9.54. The van der Waals surface area contributed by atoms with E-state index in [1.807, 2.05) is 24.3 Å². The third-order valence-electron chi connectivity index (χ3n) is 7.58. The summed E-state index contributed by atoms with van der Waals surface area (Å²) in [4.78, 5) is 13.1. The van der Waals surface area contributed by atoms with Gasteiger partial charge in [-0.2, -0.15) is 13.2 Å². The third-order valence-corrected chi connectivity index (χ3v) is 7.58. The molecule has 0 aliphatic carbocycles. The maximum atomic E-state index is 13.3. The molecule has 5 heterocycles. The van der Waals surface area contributed by atoms with Crippen LogP contribution in [0.3, 0.4) is 0 Å². The Labute approximate surface area is 194 Å². The SMILES string of the molecule is FC(F)(F)c1cc2c(NC3c4ccccc4OCC3N3CCC4(CCOC4)CC3)ncnc2[nH]1. The van der Waals surface area contributed by atoms with Gasteiger partial charge in [0, 0.05) is 12.2 Å². The number of rotatable bonds is 3. The second-order valence-electron chi connectivity index (χ2n) is 9.54. The van der Waals surface area contributed by atoms with Gasteiger partial charge in [0.2, 0.25) is 0 Å². The first-order valence-electron chi connectivity index (χ1n) is 11.6. The highest BCUT2D eigenvalue weighted by atomic mass is 19.4. The van der Waals surface area contributed by atoms with Crippen LogP contribution < -0.4 is 10.1 Å². The number of aromatic nitrogens is 3. The van der Waals surface area contributed by atoms with Crippen LogP contribution in [0.2, 0.25) is 0 Å². The van der Waals surface area contributed by atoms with E-state index in [0.29, 0.717) is 17.8 Å². The molecule has 6 rings (SSSR count). The van der Waals surface area contributed by atoms with Gasteiger partial charge in [-0.05, 0) is 49.9 Å². The number of halogens is 3. The summed E-state index contributed by atoms with van der Waals surface area (Å²) in [5.74, 6) is 1.16. The highest BCUT2D eigenvalue weighted by Crippen LogP contribution is 2.43. The molecule has 0 radical (unpaired) electrons. The van der Waals surface area contributed by atoms with Crippen molar-refractivity contribution in [1.82, 2.24) is 19.9 Å². The van der Waals surface area contributed by atoms with Crippen molar-refractivity contribution in [3.8, 4) is 5.75 Å². The fourth-order valence-electron chi connectivity index (χ4n) is 5.57. The zero-order valence-electron chi connectivity index (χ0n) is 18.6. The molecule has 3 aromatic rings. The standard InChI is InChI=1S/C24H26F3N5O2/c25-24(26,27)19-11-16-21(30-19)28-14-29-22(16)31-20-15-3-1-2-4-18(15)34-12-17(20)32-8-5-23(6-9-32)7-10-33-13-23/h1-4,11,14,17,20H,5-10,12-13H2,(H2,28,29,30,31). The molecule has 10 heteroatoms. The van der Waals surface area contributed by atoms with Gasteiger partial charge in [0.15, 0.2) is 0 Å². The molecule has 2 fully saturated rings. The van der Waals surface area contributed by atoms with E-state index in [2.05, 4.69) is 25.2 Å². The Balaban J connectivity index is 1.32. The molecule has 2 saturated heterocycles. The quantitative estimate of drug-likeness (QED) is 0.588. The number of likely N-dealkylation sites (tertiary alicyclic amines) is 1. The van der Waals surface area contributed by atoms with Crippen molar-refractivity contribution in [2.24, 2.45) is 5.41 Å². The lowest BCUT2D eigenvalue weighted by Crippen LogP contribution is -2.52. The third kappa shape index (κ3) is 3.78. The summed E-state index contributed by atoms with van der Waals surface area (Å²) in [5.41, 5.74) is 0.574. The molecule has 2 aromatic heterocycles. The first kappa shape index (κ1) is 21.7. The minimum Gasteiger partial charge on any atom is -0.491 e. The smallest absolute Gasteiger partial charge is 0.431 e. The van der Waals surface area contributed by atoms with Crippen LogP contribution in [-0.2, 0) is 10.9 Å². The van der Waals surface area contributed by atoms with Crippen LogP contribution in [0.15, 0.2) is 36.7 Å². The molecule has 0 amide bonds. The van der Waals surface area contributed by atoms with Crippen LogP contribution in [0, 0.1) is 5.41 Å². The van der Waals surface area contributed by atoms with Gasteiger partial charge in [-0.1, -0.05) is 18.2 Å². The number of piperidine rings is 1. The summed E-state index contributed by atoms with van der Waals surface area (Å²) in [7, 11) is 0. The Bertz CT molecular complexity index is 1180. The summed E-state index contributed by atoms with van der Waals surface area (Å²) < 4.78 is 51.7. The van der Waals surface area contributed by atoms with Crippen molar-refractivity contribution in [1.29, 1.82) is 0 Å². The number of ether oxygens (including phenoxy) is 2. The number of fused-ring (bicyclic) bond motifs is 2. The predicted octanol–water partition coefficient (Wildman–Crippen LogP) is 4.39. The molecule has 7 nitrogen and oxygen atoms in total. The van der Waals surface area contributed by atoms with Gasteiger partial charge in [-0.3, -0.25) is 4.90 Å². The number of nitrogens with one attached hydrogen (secondary N) is 2. The van der Waals surface area contributed by atoms with E-state index in [-0.39, 0.29) is 23.1 Å². The van der Waals surface area contributed by atoms with E-state index in [1.165, 1.54) is 6.33 Å². The fraction of sp³-hybridized carbons (Fsp3) is 0.500. The zero-order chi connectivity index (χ0) is 23.3. The second kappa shape index (κ2) is 8.13. The van der Waals surface area contributed by atoms with Gasteiger partial charge in [-0.15, -0.1) is 0 Å². The summed E-state index contributed by atoms with van der Waals surface area (Å²) in [6, 6.07) is 8.70. The Hall–Kier alpha value is -2.85. The summed E-state index contributed by atoms with van der Waals surface area (Å²) in [6.07, 6.45) is 0.0526. The highest BCUT2D eigenvalue weighted by molar-refractivity contribution is 5.88. The molecule has 2 atom stereocenters. The number of nitrogens with zero attached hydrogens (tertiary/aromatic N) is 3. The van der Waals surface area contributed by atoms with Crippen molar-refractivity contribution in [3.05, 3.63) is 47.9 Å². The molecular formula is C24H26F3N5O2. The predicted molar refractivity (Wildman–Crippen MR) is 120 cm³/mol. The number of hydrogen-bond donors (Lipinski definition) is 2.